The monoisotopic (exact) mass is 398 g/mol. The molecule has 28 heavy (non-hydrogen) atoms. The molecule has 0 bridgehead atoms. The molecule has 9 nitrogen and oxygen atoms in total. The van der Waals surface area contributed by atoms with Gasteiger partial charge in [-0.1, -0.05) is 13.0 Å². The zero-order valence-corrected chi connectivity index (χ0v) is 16.1. The fraction of sp³-hybridized carbons (Fsp3) is 0.167. The number of amides is 1. The lowest BCUT2D eigenvalue weighted by molar-refractivity contribution is 0.102. The summed E-state index contributed by atoms with van der Waals surface area (Å²) in [5.41, 5.74) is 0.828. The van der Waals surface area contributed by atoms with Gasteiger partial charge in [0.15, 0.2) is 5.82 Å². The Hall–Kier alpha value is -3.24. The highest BCUT2D eigenvalue weighted by molar-refractivity contribution is 7.89. The smallest absolute Gasteiger partial charge is 0.258 e. The number of aromatic nitrogens is 4. The highest BCUT2D eigenvalue weighted by Crippen LogP contribution is 2.15. The van der Waals surface area contributed by atoms with Gasteiger partial charge in [-0.25, -0.2) is 18.1 Å². The molecule has 0 aliphatic carbocycles. The second kappa shape index (κ2) is 8.19. The zero-order valence-electron chi connectivity index (χ0n) is 15.2. The number of hydrogen-bond donors (Lipinski definition) is 2. The van der Waals surface area contributed by atoms with Crippen LogP contribution in [0.25, 0.3) is 11.5 Å². The van der Waals surface area contributed by atoms with Crippen LogP contribution < -0.4 is 10.0 Å². The molecule has 0 saturated carbocycles. The molecule has 0 unspecified atom stereocenters. The third kappa shape index (κ3) is 4.53. The summed E-state index contributed by atoms with van der Waals surface area (Å²) >= 11 is 0. The molecule has 2 heterocycles. The Balaban J connectivity index is 1.81. The van der Waals surface area contributed by atoms with Crippen molar-refractivity contribution in [3.63, 3.8) is 0 Å². The Morgan fingerprint density at radius 3 is 2.43 bits per heavy atom. The first-order chi connectivity index (χ1) is 13.4. The minimum Gasteiger partial charge on any atom is -0.290 e. The predicted molar refractivity (Wildman–Crippen MR) is 103 cm³/mol. The largest absolute Gasteiger partial charge is 0.290 e. The van der Waals surface area contributed by atoms with E-state index in [9.17, 15) is 13.2 Å². The molecule has 0 radical (unpaired) electrons. The third-order valence-corrected chi connectivity index (χ3v) is 5.19. The van der Waals surface area contributed by atoms with Crippen molar-refractivity contribution in [2.24, 2.45) is 0 Å². The van der Waals surface area contributed by atoms with Gasteiger partial charge in [-0.3, -0.25) is 15.1 Å². The molecule has 1 aromatic carbocycles. The molecule has 0 aliphatic heterocycles. The van der Waals surface area contributed by atoms with Crippen molar-refractivity contribution in [1.29, 1.82) is 0 Å². The molecule has 3 aromatic rings. The van der Waals surface area contributed by atoms with Gasteiger partial charge in [-0.05, 0) is 43.3 Å². The predicted octanol–water partition coefficient (Wildman–Crippen LogP) is 1.79. The van der Waals surface area contributed by atoms with E-state index in [1.54, 1.807) is 32.2 Å². The maximum atomic E-state index is 12.5. The summed E-state index contributed by atoms with van der Waals surface area (Å²) in [6.07, 6.45) is 1.62. The van der Waals surface area contributed by atoms with E-state index in [2.05, 4.69) is 30.0 Å². The van der Waals surface area contributed by atoms with Crippen molar-refractivity contribution < 1.29 is 13.2 Å². The molecule has 3 rings (SSSR count). The topological polar surface area (TPSA) is 127 Å². The number of hydrogen-bond acceptors (Lipinski definition) is 7. The molecule has 0 spiro atoms. The van der Waals surface area contributed by atoms with Crippen molar-refractivity contribution >= 4 is 21.9 Å². The van der Waals surface area contributed by atoms with E-state index in [0.717, 1.165) is 0 Å². The van der Waals surface area contributed by atoms with Gasteiger partial charge in [-0.15, -0.1) is 0 Å². The minimum absolute atomic E-state index is 0.0827. The van der Waals surface area contributed by atoms with Crippen LogP contribution in [0.5, 0.6) is 0 Å². The highest BCUT2D eigenvalue weighted by atomic mass is 32.2. The molecule has 2 N–H and O–H groups in total. The van der Waals surface area contributed by atoms with Gasteiger partial charge in [-0.2, -0.15) is 9.97 Å². The quantitative estimate of drug-likeness (QED) is 0.648. The van der Waals surface area contributed by atoms with E-state index >= 15 is 0 Å². The first-order valence-corrected chi connectivity index (χ1v) is 9.92. The van der Waals surface area contributed by atoms with Crippen molar-refractivity contribution in [1.82, 2.24) is 24.7 Å². The molecule has 144 valence electrons. The van der Waals surface area contributed by atoms with Crippen LogP contribution in [0.4, 0.5) is 5.95 Å². The van der Waals surface area contributed by atoms with Crippen LogP contribution in [-0.4, -0.2) is 40.8 Å². The van der Waals surface area contributed by atoms with Crippen LogP contribution in [-0.2, 0) is 10.0 Å². The Kier molecular flexibility index (Phi) is 5.71. The number of nitrogens with one attached hydrogen (secondary N) is 2. The van der Waals surface area contributed by atoms with Gasteiger partial charge in [0.25, 0.3) is 5.91 Å². The molecule has 0 saturated heterocycles. The van der Waals surface area contributed by atoms with E-state index in [1.165, 1.54) is 24.3 Å². The van der Waals surface area contributed by atoms with Gasteiger partial charge in [0.1, 0.15) is 11.5 Å². The van der Waals surface area contributed by atoms with E-state index in [1.807, 2.05) is 6.07 Å². The van der Waals surface area contributed by atoms with Crippen LogP contribution in [0.2, 0.25) is 0 Å². The second-order valence-corrected chi connectivity index (χ2v) is 7.49. The summed E-state index contributed by atoms with van der Waals surface area (Å²) in [6.45, 7) is 3.65. The number of carbonyl (C=O) groups is 1. The Bertz CT molecular complexity index is 1090. The lowest BCUT2D eigenvalue weighted by Gasteiger charge is -2.08. The summed E-state index contributed by atoms with van der Waals surface area (Å²) in [7, 11) is -3.58. The molecular formula is C18H18N6O3S. The fourth-order valence-electron chi connectivity index (χ4n) is 2.38. The molecule has 10 heteroatoms. The summed E-state index contributed by atoms with van der Waals surface area (Å²) in [6, 6.07) is 10.9. The van der Waals surface area contributed by atoms with Crippen molar-refractivity contribution in [2.75, 3.05) is 11.9 Å². The number of nitrogens with zero attached hydrogens (tertiary/aromatic N) is 4. The van der Waals surface area contributed by atoms with Crippen LogP contribution in [0, 0.1) is 6.92 Å². The van der Waals surface area contributed by atoms with E-state index < -0.39 is 15.9 Å². The normalized spacial score (nSPS) is 11.2. The summed E-state index contributed by atoms with van der Waals surface area (Å²) < 4.78 is 26.3. The fourth-order valence-corrected chi connectivity index (χ4v) is 3.42. The summed E-state index contributed by atoms with van der Waals surface area (Å²) in [5, 5.41) is 2.60. The van der Waals surface area contributed by atoms with Gasteiger partial charge < -0.3 is 0 Å². The Morgan fingerprint density at radius 1 is 1.04 bits per heavy atom. The van der Waals surface area contributed by atoms with Crippen LogP contribution in [0.15, 0.2) is 53.6 Å². The third-order valence-electron chi connectivity index (χ3n) is 3.63. The number of carbonyl (C=O) groups excluding carboxylic acids is 1. The maximum Gasteiger partial charge on any atom is 0.258 e. The molecular weight excluding hydrogens is 380 g/mol. The van der Waals surface area contributed by atoms with Crippen molar-refractivity contribution in [2.45, 2.75) is 18.7 Å². The molecule has 2 aromatic heterocycles. The Labute approximate surface area is 162 Å². The van der Waals surface area contributed by atoms with Crippen LogP contribution in [0.1, 0.15) is 23.1 Å². The van der Waals surface area contributed by atoms with Gasteiger partial charge >= 0.3 is 0 Å². The Morgan fingerprint density at radius 2 is 1.79 bits per heavy atom. The molecule has 0 atom stereocenters. The molecule has 0 aliphatic rings. The summed E-state index contributed by atoms with van der Waals surface area (Å²) in [4.78, 5) is 29.3. The lowest BCUT2D eigenvalue weighted by atomic mass is 10.2. The minimum atomic E-state index is -3.58. The molecule has 0 fully saturated rings. The summed E-state index contributed by atoms with van der Waals surface area (Å²) in [5.74, 6) is 0.390. The highest BCUT2D eigenvalue weighted by Gasteiger charge is 2.15. The van der Waals surface area contributed by atoms with Crippen LogP contribution >= 0.6 is 0 Å². The van der Waals surface area contributed by atoms with Crippen molar-refractivity contribution in [3.8, 4) is 11.5 Å². The average molecular weight is 398 g/mol. The number of pyridine rings is 1. The van der Waals surface area contributed by atoms with E-state index in [4.69, 9.17) is 0 Å². The van der Waals surface area contributed by atoms with E-state index in [0.29, 0.717) is 17.3 Å². The van der Waals surface area contributed by atoms with Gasteiger partial charge in [0.2, 0.25) is 16.0 Å². The average Bonchev–Trinajstić information content (AvgIpc) is 2.68. The van der Waals surface area contributed by atoms with Crippen LogP contribution in [0.3, 0.4) is 0 Å². The lowest BCUT2D eigenvalue weighted by Crippen LogP contribution is -2.23. The van der Waals surface area contributed by atoms with Gasteiger partial charge in [0, 0.05) is 18.3 Å². The number of rotatable bonds is 6. The number of benzene rings is 1. The standard InChI is InChI=1S/C18H18N6O3S/c1-3-20-28(26,27)14-9-7-13(8-10-14)17(25)24-18-22-12(2)21-16(23-18)15-6-4-5-11-19-15/h4-11,20H,3H2,1-2H3,(H,21,22,23,24,25). The van der Waals surface area contributed by atoms with Crippen molar-refractivity contribution in [3.05, 3.63) is 60.0 Å². The number of anilines is 1. The zero-order chi connectivity index (χ0) is 20.1. The number of sulfonamides is 1. The second-order valence-electron chi connectivity index (χ2n) is 5.72. The van der Waals surface area contributed by atoms with E-state index in [-0.39, 0.29) is 23.0 Å². The maximum absolute atomic E-state index is 12.5. The molecule has 1 amide bonds. The number of aryl methyl sites for hydroxylation is 1. The van der Waals surface area contributed by atoms with Gasteiger partial charge in [0.05, 0.1) is 4.90 Å². The first-order valence-electron chi connectivity index (χ1n) is 8.44. The SMILES string of the molecule is CCNS(=O)(=O)c1ccc(C(=O)Nc2nc(C)nc(-c3ccccn3)n2)cc1. The first kappa shape index (κ1) is 19.5.